The van der Waals surface area contributed by atoms with Gasteiger partial charge in [-0.15, -0.1) is 0 Å². The zero-order chi connectivity index (χ0) is 18.2. The quantitative estimate of drug-likeness (QED) is 0.274. The Morgan fingerprint density at radius 1 is 1.24 bits per heavy atom. The van der Waals surface area contributed by atoms with Crippen LogP contribution >= 0.6 is 19.8 Å². The van der Waals surface area contributed by atoms with E-state index >= 15 is 0 Å². The van der Waals surface area contributed by atoms with E-state index in [2.05, 4.69) is 43.5 Å². The van der Waals surface area contributed by atoms with Crippen LogP contribution < -0.4 is 11.2 Å². The summed E-state index contributed by atoms with van der Waals surface area (Å²) < 4.78 is 4.34. The average molecular weight is 453 g/mol. The average Bonchev–Trinajstić information content (AvgIpc) is 2.46. The Morgan fingerprint density at radius 3 is 2.52 bits per heavy atom. The molecule has 0 radical (unpaired) electrons. The van der Waals surface area contributed by atoms with Crippen molar-refractivity contribution in [2.24, 2.45) is 10.8 Å². The molecule has 1 fully saturated rings. The monoisotopic (exact) mass is 453 g/mol. The molecule has 0 saturated carbocycles. The van der Waals surface area contributed by atoms with E-state index in [9.17, 15) is 5.11 Å². The molecule has 3 rings (SSSR count). The van der Waals surface area contributed by atoms with Crippen LogP contribution in [-0.2, 0) is 5.41 Å². The first kappa shape index (κ1) is 18.5. The summed E-state index contributed by atoms with van der Waals surface area (Å²) in [6.45, 7) is 8.30. The van der Waals surface area contributed by atoms with Gasteiger partial charge in [0.25, 0.3) is 0 Å². The van der Waals surface area contributed by atoms with Crippen molar-refractivity contribution in [3.8, 4) is 5.75 Å². The van der Waals surface area contributed by atoms with E-state index in [4.69, 9.17) is 5.73 Å². The third kappa shape index (κ3) is 4.08. The van der Waals surface area contributed by atoms with Crippen molar-refractivity contribution < 1.29 is 5.11 Å². The van der Waals surface area contributed by atoms with Crippen LogP contribution in [-0.4, -0.2) is 25.7 Å². The topological polar surface area (TPSA) is 70.6 Å². The maximum absolute atomic E-state index is 10.6. The van der Waals surface area contributed by atoms with Gasteiger partial charge in [-0.3, -0.25) is 0 Å². The maximum atomic E-state index is 10.6. The summed E-state index contributed by atoms with van der Waals surface area (Å²) in [5.41, 5.74) is 12.6. The fourth-order valence-corrected chi connectivity index (χ4v) is 7.28. The van der Waals surface area contributed by atoms with E-state index in [1.54, 1.807) is 0 Å². The Bertz CT molecular complexity index is 755. The second kappa shape index (κ2) is 7.11. The summed E-state index contributed by atoms with van der Waals surface area (Å²) in [5, 5.41) is 15.1. The predicted octanol–water partition coefficient (Wildman–Crippen LogP) is 4.46. The summed E-state index contributed by atoms with van der Waals surface area (Å²) in [7, 11) is 0. The number of hydrazone groups is 1. The van der Waals surface area contributed by atoms with Gasteiger partial charge in [-0.05, 0) is 0 Å². The number of phenolic OH excluding ortho intramolecular Hbond substituents is 1. The standard InChI is InChI=1S/C20H28IN3O/c1-13-10-15(20(2,3)4)19(25)18(11-13)24-23-17-7-6-14(12-16(17)22)21-8-5-9-21/h6-7,10-12,16,24-25H,5,8-9,22H2,1-4H3. The fraction of sp³-hybridized carbons (Fsp3) is 0.450. The zero-order valence-corrected chi connectivity index (χ0v) is 17.6. The number of aromatic hydroxyl groups is 1. The molecule has 2 aliphatic rings. The third-order valence-corrected chi connectivity index (χ3v) is 11.1. The minimum atomic E-state index is -0.864. The minimum absolute atomic E-state index is 0.132. The summed E-state index contributed by atoms with van der Waals surface area (Å²) in [5.74, 6) is 0.259. The Balaban J connectivity index is 1.80. The van der Waals surface area contributed by atoms with Crippen LogP contribution in [0.5, 0.6) is 5.75 Å². The first-order valence-electron chi connectivity index (χ1n) is 8.70. The van der Waals surface area contributed by atoms with Crippen molar-refractivity contribution in [3.63, 3.8) is 0 Å². The molecule has 1 aliphatic carbocycles. The van der Waals surface area contributed by atoms with E-state index in [1.165, 1.54) is 18.9 Å². The van der Waals surface area contributed by atoms with Gasteiger partial charge in [0, 0.05) is 0 Å². The predicted molar refractivity (Wildman–Crippen MR) is 116 cm³/mol. The molecule has 1 heterocycles. The molecule has 1 atom stereocenters. The van der Waals surface area contributed by atoms with E-state index in [0.29, 0.717) is 5.69 Å². The number of hydrogen-bond acceptors (Lipinski definition) is 4. The molecule has 25 heavy (non-hydrogen) atoms. The third-order valence-electron chi connectivity index (χ3n) is 4.49. The Kier molecular flexibility index (Phi) is 5.25. The molecule has 1 saturated heterocycles. The number of anilines is 1. The SMILES string of the molecule is Cc1cc(NN=C2C=CC(I3CCC3)=CC2N)c(O)c(C(C)(C)C)c1. The molecule has 4 N–H and O–H groups in total. The fourth-order valence-electron chi connectivity index (χ4n) is 2.92. The number of hydrogen-bond donors (Lipinski definition) is 3. The zero-order valence-electron chi connectivity index (χ0n) is 15.4. The first-order chi connectivity index (χ1) is 11.8. The molecule has 4 nitrogen and oxygen atoms in total. The Hall–Kier alpha value is -1.34. The van der Waals surface area contributed by atoms with Gasteiger partial charge >= 0.3 is 158 Å². The Morgan fingerprint density at radius 2 is 1.96 bits per heavy atom. The molecule has 1 aromatic rings. The van der Waals surface area contributed by atoms with Gasteiger partial charge < -0.3 is 0 Å². The van der Waals surface area contributed by atoms with E-state index in [0.717, 1.165) is 16.8 Å². The van der Waals surface area contributed by atoms with E-state index < -0.39 is 19.8 Å². The molecule has 0 bridgehead atoms. The number of rotatable bonds is 3. The number of halogens is 1. The van der Waals surface area contributed by atoms with Gasteiger partial charge in [-0.25, -0.2) is 0 Å². The van der Waals surface area contributed by atoms with Gasteiger partial charge in [0.15, 0.2) is 0 Å². The van der Waals surface area contributed by atoms with Crippen LogP contribution in [0.15, 0.2) is 39.0 Å². The van der Waals surface area contributed by atoms with Gasteiger partial charge in [0.2, 0.25) is 0 Å². The molecule has 0 aromatic heterocycles. The van der Waals surface area contributed by atoms with Gasteiger partial charge in [0.05, 0.1) is 0 Å². The number of nitrogens with two attached hydrogens (primary N) is 1. The Labute approximate surface area is 157 Å². The van der Waals surface area contributed by atoms with Crippen molar-refractivity contribution in [1.29, 1.82) is 0 Å². The summed E-state index contributed by atoms with van der Waals surface area (Å²) in [4.78, 5) is 0. The van der Waals surface area contributed by atoms with Crippen molar-refractivity contribution >= 4 is 31.2 Å². The molecule has 1 unspecified atom stereocenters. The molecule has 1 aromatic carbocycles. The number of nitrogens with one attached hydrogen (secondary N) is 1. The molecule has 0 spiro atoms. The van der Waals surface area contributed by atoms with Crippen LogP contribution in [0.1, 0.15) is 38.3 Å². The molecule has 1 aliphatic heterocycles. The van der Waals surface area contributed by atoms with Crippen molar-refractivity contribution in [1.82, 2.24) is 0 Å². The van der Waals surface area contributed by atoms with Gasteiger partial charge in [0.1, 0.15) is 0 Å². The van der Waals surface area contributed by atoms with E-state index in [-0.39, 0.29) is 17.2 Å². The van der Waals surface area contributed by atoms with Crippen molar-refractivity contribution in [3.05, 3.63) is 45.1 Å². The van der Waals surface area contributed by atoms with Gasteiger partial charge in [-0.2, -0.15) is 0 Å². The number of allylic oxidation sites excluding steroid dienone is 2. The van der Waals surface area contributed by atoms with Crippen LogP contribution in [0.25, 0.3) is 0 Å². The summed E-state index contributed by atoms with van der Waals surface area (Å²) in [6.07, 6.45) is 7.79. The van der Waals surface area contributed by atoms with Gasteiger partial charge in [-0.1, -0.05) is 0 Å². The molecule has 136 valence electrons. The van der Waals surface area contributed by atoms with Crippen molar-refractivity contribution in [2.45, 2.75) is 45.6 Å². The molecular formula is C20H28IN3O. The number of alkyl halides is 2. The van der Waals surface area contributed by atoms with Crippen LogP contribution in [0, 0.1) is 6.92 Å². The number of phenols is 1. The first-order valence-corrected chi connectivity index (χ1v) is 12.8. The number of benzene rings is 1. The molecular weight excluding hydrogens is 425 g/mol. The molecule has 0 amide bonds. The van der Waals surface area contributed by atoms with E-state index in [1.807, 2.05) is 25.1 Å². The summed E-state index contributed by atoms with van der Waals surface area (Å²) >= 11 is -0.864. The van der Waals surface area contributed by atoms with Crippen LogP contribution in [0.2, 0.25) is 0 Å². The second-order valence-corrected chi connectivity index (χ2v) is 13.7. The second-order valence-electron chi connectivity index (χ2n) is 7.71. The number of nitrogens with zero attached hydrogens (tertiary/aromatic N) is 1. The molecule has 5 heteroatoms. The normalized spacial score (nSPS) is 23.4. The number of aryl methyl sites for hydroxylation is 1. The van der Waals surface area contributed by atoms with Crippen molar-refractivity contribution in [2.75, 3.05) is 14.3 Å². The summed E-state index contributed by atoms with van der Waals surface area (Å²) in [6, 6.07) is 3.77. The van der Waals surface area contributed by atoms with Crippen LogP contribution in [0.3, 0.4) is 0 Å². The van der Waals surface area contributed by atoms with Crippen LogP contribution in [0.4, 0.5) is 5.69 Å².